The van der Waals surface area contributed by atoms with Crippen LogP contribution in [-0.4, -0.2) is 19.6 Å². The SMILES string of the molecule is COc1cc(C(=O)N2CCc3ccc(N)cc32)ccc1C. The number of fused-ring (bicyclic) bond motifs is 1. The minimum Gasteiger partial charge on any atom is -0.496 e. The number of methoxy groups -OCH3 is 1. The van der Waals surface area contributed by atoms with Gasteiger partial charge in [-0.3, -0.25) is 4.79 Å². The highest BCUT2D eigenvalue weighted by Gasteiger charge is 2.26. The van der Waals surface area contributed by atoms with Gasteiger partial charge < -0.3 is 15.4 Å². The van der Waals surface area contributed by atoms with Crippen LogP contribution in [0.25, 0.3) is 0 Å². The smallest absolute Gasteiger partial charge is 0.258 e. The minimum absolute atomic E-state index is 0.0161. The van der Waals surface area contributed by atoms with E-state index in [2.05, 4.69) is 0 Å². The first-order valence-electron chi connectivity index (χ1n) is 6.95. The second kappa shape index (κ2) is 5.13. The lowest BCUT2D eigenvalue weighted by atomic mass is 10.1. The van der Waals surface area contributed by atoms with Crippen molar-refractivity contribution >= 4 is 17.3 Å². The van der Waals surface area contributed by atoms with Crippen LogP contribution in [0, 0.1) is 6.92 Å². The van der Waals surface area contributed by atoms with Gasteiger partial charge in [0.15, 0.2) is 0 Å². The monoisotopic (exact) mass is 282 g/mol. The summed E-state index contributed by atoms with van der Waals surface area (Å²) >= 11 is 0. The Bertz CT molecular complexity index is 710. The molecule has 0 saturated carbocycles. The number of aryl methyl sites for hydroxylation is 1. The van der Waals surface area contributed by atoms with Gasteiger partial charge in [-0.25, -0.2) is 0 Å². The average Bonchev–Trinajstić information content (AvgIpc) is 2.90. The average molecular weight is 282 g/mol. The van der Waals surface area contributed by atoms with Gasteiger partial charge in [-0.05, 0) is 48.7 Å². The molecule has 1 aliphatic rings. The number of carbonyl (C=O) groups excluding carboxylic acids is 1. The fourth-order valence-electron chi connectivity index (χ4n) is 2.72. The van der Waals surface area contributed by atoms with Crippen LogP contribution in [0.2, 0.25) is 0 Å². The maximum Gasteiger partial charge on any atom is 0.258 e. The van der Waals surface area contributed by atoms with Crippen molar-refractivity contribution < 1.29 is 9.53 Å². The molecule has 1 aliphatic heterocycles. The summed E-state index contributed by atoms with van der Waals surface area (Å²) in [5, 5.41) is 0. The molecule has 0 bridgehead atoms. The van der Waals surface area contributed by atoms with Crippen molar-refractivity contribution in [2.45, 2.75) is 13.3 Å². The van der Waals surface area contributed by atoms with Crippen molar-refractivity contribution in [2.24, 2.45) is 0 Å². The van der Waals surface area contributed by atoms with Crippen molar-refractivity contribution in [3.8, 4) is 5.75 Å². The van der Waals surface area contributed by atoms with Gasteiger partial charge >= 0.3 is 0 Å². The van der Waals surface area contributed by atoms with Gasteiger partial charge in [0.1, 0.15) is 5.75 Å². The molecule has 0 aliphatic carbocycles. The summed E-state index contributed by atoms with van der Waals surface area (Å²) in [7, 11) is 1.61. The van der Waals surface area contributed by atoms with Gasteiger partial charge in [-0.1, -0.05) is 12.1 Å². The molecule has 1 amide bonds. The van der Waals surface area contributed by atoms with Gasteiger partial charge in [-0.15, -0.1) is 0 Å². The van der Waals surface area contributed by atoms with Crippen LogP contribution < -0.4 is 15.4 Å². The van der Waals surface area contributed by atoms with Crippen molar-refractivity contribution in [1.82, 2.24) is 0 Å². The highest BCUT2D eigenvalue weighted by atomic mass is 16.5. The van der Waals surface area contributed by atoms with Crippen molar-refractivity contribution in [2.75, 3.05) is 24.3 Å². The summed E-state index contributed by atoms with van der Waals surface area (Å²) in [6, 6.07) is 11.3. The summed E-state index contributed by atoms with van der Waals surface area (Å²) in [6.07, 6.45) is 0.865. The molecule has 0 saturated heterocycles. The zero-order valence-electron chi connectivity index (χ0n) is 12.2. The van der Waals surface area contributed by atoms with Crippen LogP contribution in [0.3, 0.4) is 0 Å². The molecule has 108 valence electrons. The Hall–Kier alpha value is -2.49. The zero-order valence-corrected chi connectivity index (χ0v) is 12.2. The molecule has 21 heavy (non-hydrogen) atoms. The third kappa shape index (κ3) is 2.33. The molecule has 4 nitrogen and oxygen atoms in total. The predicted molar refractivity (Wildman–Crippen MR) is 84.0 cm³/mol. The van der Waals surface area contributed by atoms with Crippen LogP contribution >= 0.6 is 0 Å². The molecule has 0 aromatic heterocycles. The van der Waals surface area contributed by atoms with E-state index in [-0.39, 0.29) is 5.91 Å². The van der Waals surface area contributed by atoms with E-state index in [9.17, 15) is 4.79 Å². The number of rotatable bonds is 2. The fourth-order valence-corrected chi connectivity index (χ4v) is 2.72. The molecule has 0 fully saturated rings. The maximum atomic E-state index is 12.7. The maximum absolute atomic E-state index is 12.7. The molecule has 4 heteroatoms. The van der Waals surface area contributed by atoms with E-state index < -0.39 is 0 Å². The lowest BCUT2D eigenvalue weighted by Gasteiger charge is -2.18. The molecule has 0 atom stereocenters. The molecule has 1 heterocycles. The quantitative estimate of drug-likeness (QED) is 0.862. The van der Waals surface area contributed by atoms with Crippen LogP contribution in [0.1, 0.15) is 21.5 Å². The zero-order chi connectivity index (χ0) is 15.0. The predicted octanol–water partition coefficient (Wildman–Crippen LogP) is 2.79. The molecule has 2 N–H and O–H groups in total. The summed E-state index contributed by atoms with van der Waals surface area (Å²) in [4.78, 5) is 14.5. The Labute approximate surface area is 124 Å². The number of hydrogen-bond donors (Lipinski definition) is 1. The highest BCUT2D eigenvalue weighted by Crippen LogP contribution is 2.31. The minimum atomic E-state index is -0.0161. The third-order valence-electron chi connectivity index (χ3n) is 3.91. The van der Waals surface area contributed by atoms with Crippen LogP contribution in [0.15, 0.2) is 36.4 Å². The Morgan fingerprint density at radius 1 is 1.24 bits per heavy atom. The first-order valence-corrected chi connectivity index (χ1v) is 6.95. The molecule has 2 aromatic carbocycles. The largest absolute Gasteiger partial charge is 0.496 e. The van der Waals surface area contributed by atoms with Gasteiger partial charge in [0, 0.05) is 23.5 Å². The second-order valence-electron chi connectivity index (χ2n) is 5.28. The number of benzene rings is 2. The summed E-state index contributed by atoms with van der Waals surface area (Å²) < 4.78 is 5.30. The fraction of sp³-hybridized carbons (Fsp3) is 0.235. The number of ether oxygens (including phenoxy) is 1. The number of carbonyl (C=O) groups is 1. The van der Waals surface area contributed by atoms with E-state index in [0.717, 1.165) is 29.0 Å². The molecule has 0 radical (unpaired) electrons. The number of anilines is 2. The van der Waals surface area contributed by atoms with Crippen LogP contribution in [0.5, 0.6) is 5.75 Å². The Balaban J connectivity index is 1.96. The van der Waals surface area contributed by atoms with Crippen LogP contribution in [0.4, 0.5) is 11.4 Å². The van der Waals surface area contributed by atoms with E-state index >= 15 is 0 Å². The van der Waals surface area contributed by atoms with Crippen molar-refractivity contribution in [3.05, 3.63) is 53.1 Å². The first-order chi connectivity index (χ1) is 10.1. The number of hydrogen-bond acceptors (Lipinski definition) is 3. The molecule has 0 unspecified atom stereocenters. The lowest BCUT2D eigenvalue weighted by Crippen LogP contribution is -2.28. The standard InChI is InChI=1S/C17H18N2O2/c1-11-3-4-13(9-16(11)21-2)17(20)19-8-7-12-5-6-14(18)10-15(12)19/h3-6,9-10H,7-8,18H2,1-2H3. The van der Waals surface area contributed by atoms with E-state index in [1.807, 2.05) is 37.3 Å². The number of nitrogens with zero attached hydrogens (tertiary/aromatic N) is 1. The van der Waals surface area contributed by atoms with E-state index in [1.165, 1.54) is 0 Å². The van der Waals surface area contributed by atoms with Gasteiger partial charge in [0.05, 0.1) is 7.11 Å². The van der Waals surface area contributed by atoms with Crippen LogP contribution in [-0.2, 0) is 6.42 Å². The molecule has 2 aromatic rings. The van der Waals surface area contributed by atoms with Gasteiger partial charge in [0.2, 0.25) is 0 Å². The number of nitrogens with two attached hydrogens (primary N) is 1. The summed E-state index contributed by atoms with van der Waals surface area (Å²) in [6.45, 7) is 2.65. The summed E-state index contributed by atoms with van der Waals surface area (Å²) in [5.74, 6) is 0.713. The molecule has 0 spiro atoms. The van der Waals surface area contributed by atoms with Gasteiger partial charge in [-0.2, -0.15) is 0 Å². The van der Waals surface area contributed by atoms with Crippen molar-refractivity contribution in [3.63, 3.8) is 0 Å². The highest BCUT2D eigenvalue weighted by molar-refractivity contribution is 6.07. The first kappa shape index (κ1) is 13.5. The molecule has 3 rings (SSSR count). The van der Waals surface area contributed by atoms with E-state index in [4.69, 9.17) is 10.5 Å². The Morgan fingerprint density at radius 2 is 2.05 bits per heavy atom. The normalized spacial score (nSPS) is 13.1. The van der Waals surface area contributed by atoms with Crippen molar-refractivity contribution in [1.29, 1.82) is 0 Å². The molecular formula is C17H18N2O2. The third-order valence-corrected chi connectivity index (χ3v) is 3.91. The molecular weight excluding hydrogens is 264 g/mol. The number of amides is 1. The van der Waals surface area contributed by atoms with E-state index in [0.29, 0.717) is 17.8 Å². The second-order valence-corrected chi connectivity index (χ2v) is 5.28. The number of nitrogen functional groups attached to an aromatic ring is 1. The summed E-state index contributed by atoms with van der Waals surface area (Å²) in [5.41, 5.74) is 10.2. The van der Waals surface area contributed by atoms with Gasteiger partial charge in [0.25, 0.3) is 5.91 Å². The Kier molecular flexibility index (Phi) is 3.29. The Morgan fingerprint density at radius 3 is 2.81 bits per heavy atom. The lowest BCUT2D eigenvalue weighted by molar-refractivity contribution is 0.0989. The van der Waals surface area contributed by atoms with E-state index in [1.54, 1.807) is 18.1 Å². The topological polar surface area (TPSA) is 55.6 Å².